The van der Waals surface area contributed by atoms with E-state index in [0.29, 0.717) is 0 Å². The van der Waals surface area contributed by atoms with E-state index in [2.05, 4.69) is 9.62 Å². The van der Waals surface area contributed by atoms with Crippen molar-refractivity contribution in [3.63, 3.8) is 0 Å². The minimum atomic E-state index is -3.06. The van der Waals surface area contributed by atoms with Crippen molar-refractivity contribution in [3.8, 4) is 0 Å². The molecule has 1 aromatic carbocycles. The molecule has 0 spiro atoms. The predicted molar refractivity (Wildman–Crippen MR) is 84.8 cm³/mol. The highest BCUT2D eigenvalue weighted by atomic mass is 35.5. The SMILES string of the molecule is O=S(=O)(NC1CCN(Cc2ccccc2Cl)CC1)C1CC1. The first-order chi connectivity index (χ1) is 10.0. The zero-order valence-electron chi connectivity index (χ0n) is 12.0. The van der Waals surface area contributed by atoms with Gasteiger partial charge in [-0.2, -0.15) is 0 Å². The normalized spacial score (nSPS) is 21.6. The minimum Gasteiger partial charge on any atom is -0.299 e. The summed E-state index contributed by atoms with van der Waals surface area (Å²) in [6, 6.07) is 7.98. The first kappa shape index (κ1) is 15.3. The molecule has 0 unspecified atom stereocenters. The Morgan fingerprint density at radius 2 is 1.81 bits per heavy atom. The average molecular weight is 329 g/mol. The Morgan fingerprint density at radius 3 is 2.43 bits per heavy atom. The fraction of sp³-hybridized carbons (Fsp3) is 0.600. The van der Waals surface area contributed by atoms with Gasteiger partial charge < -0.3 is 0 Å². The van der Waals surface area contributed by atoms with Crippen molar-refractivity contribution < 1.29 is 8.42 Å². The number of rotatable bonds is 5. The summed E-state index contributed by atoms with van der Waals surface area (Å²) in [4.78, 5) is 2.34. The summed E-state index contributed by atoms with van der Waals surface area (Å²) in [7, 11) is -3.06. The third-order valence-corrected chi connectivity index (χ3v) is 6.61. The molecule has 1 N–H and O–H groups in total. The Morgan fingerprint density at radius 1 is 1.14 bits per heavy atom. The third-order valence-electron chi connectivity index (χ3n) is 4.23. The summed E-state index contributed by atoms with van der Waals surface area (Å²) in [6.07, 6.45) is 3.38. The van der Waals surface area contributed by atoms with Gasteiger partial charge in [0, 0.05) is 30.7 Å². The van der Waals surface area contributed by atoms with Crippen LogP contribution in [0.15, 0.2) is 24.3 Å². The molecule has 1 aliphatic carbocycles. The maximum absolute atomic E-state index is 11.9. The first-order valence-electron chi connectivity index (χ1n) is 7.51. The van der Waals surface area contributed by atoms with Crippen LogP contribution >= 0.6 is 11.6 Å². The standard InChI is InChI=1S/C15H21ClN2O2S/c16-15-4-2-1-3-12(15)11-18-9-7-13(8-10-18)17-21(19,20)14-5-6-14/h1-4,13-14,17H,5-11H2. The Kier molecular flexibility index (Phi) is 4.54. The predicted octanol–water partition coefficient (Wildman–Crippen LogP) is 2.39. The second-order valence-electron chi connectivity index (χ2n) is 6.00. The van der Waals surface area contributed by atoms with Gasteiger partial charge in [0.2, 0.25) is 10.0 Å². The molecule has 2 aliphatic rings. The van der Waals surface area contributed by atoms with Gasteiger partial charge in [-0.1, -0.05) is 29.8 Å². The van der Waals surface area contributed by atoms with Gasteiger partial charge in [-0.05, 0) is 37.3 Å². The lowest BCUT2D eigenvalue weighted by atomic mass is 10.1. The van der Waals surface area contributed by atoms with Crippen molar-refractivity contribution >= 4 is 21.6 Å². The average Bonchev–Trinajstić information content (AvgIpc) is 3.28. The molecule has 0 aromatic heterocycles. The number of hydrogen-bond donors (Lipinski definition) is 1. The van der Waals surface area contributed by atoms with E-state index < -0.39 is 10.0 Å². The highest BCUT2D eigenvalue weighted by Gasteiger charge is 2.37. The zero-order valence-corrected chi connectivity index (χ0v) is 13.5. The molecule has 116 valence electrons. The van der Waals surface area contributed by atoms with E-state index in [1.807, 2.05) is 24.3 Å². The number of nitrogens with one attached hydrogen (secondary N) is 1. The highest BCUT2D eigenvalue weighted by molar-refractivity contribution is 7.90. The van der Waals surface area contributed by atoms with Crippen LogP contribution in [0.4, 0.5) is 0 Å². The van der Waals surface area contributed by atoms with Gasteiger partial charge in [0.25, 0.3) is 0 Å². The van der Waals surface area contributed by atoms with Crippen LogP contribution in [0.5, 0.6) is 0 Å². The number of nitrogens with zero attached hydrogens (tertiary/aromatic N) is 1. The molecule has 1 saturated carbocycles. The minimum absolute atomic E-state index is 0.0955. The third kappa shape index (κ3) is 3.97. The van der Waals surface area contributed by atoms with Gasteiger partial charge in [0.05, 0.1) is 5.25 Å². The number of likely N-dealkylation sites (tertiary alicyclic amines) is 1. The summed E-state index contributed by atoms with van der Waals surface area (Å²) in [5.41, 5.74) is 1.14. The van der Waals surface area contributed by atoms with Crippen LogP contribution in [0.2, 0.25) is 5.02 Å². The molecule has 6 heteroatoms. The maximum Gasteiger partial charge on any atom is 0.214 e. The van der Waals surface area contributed by atoms with Crippen LogP contribution in [0.3, 0.4) is 0 Å². The van der Waals surface area contributed by atoms with Crippen molar-refractivity contribution in [2.24, 2.45) is 0 Å². The van der Waals surface area contributed by atoms with Gasteiger partial charge in [-0.15, -0.1) is 0 Å². The second-order valence-corrected chi connectivity index (χ2v) is 8.40. The molecule has 1 saturated heterocycles. The lowest BCUT2D eigenvalue weighted by Gasteiger charge is -2.32. The smallest absolute Gasteiger partial charge is 0.214 e. The Bertz CT molecular complexity index is 593. The number of sulfonamides is 1. The van der Waals surface area contributed by atoms with Crippen LogP contribution in [0.1, 0.15) is 31.2 Å². The van der Waals surface area contributed by atoms with E-state index in [1.165, 1.54) is 0 Å². The van der Waals surface area contributed by atoms with E-state index in [1.54, 1.807) is 0 Å². The van der Waals surface area contributed by atoms with Gasteiger partial charge in [-0.3, -0.25) is 4.90 Å². The molecule has 4 nitrogen and oxygen atoms in total. The van der Waals surface area contributed by atoms with E-state index in [-0.39, 0.29) is 11.3 Å². The highest BCUT2D eigenvalue weighted by Crippen LogP contribution is 2.28. The Hall–Kier alpha value is -0.620. The molecule has 1 aliphatic heterocycles. The monoisotopic (exact) mass is 328 g/mol. The number of halogens is 1. The fourth-order valence-electron chi connectivity index (χ4n) is 2.78. The van der Waals surface area contributed by atoms with Gasteiger partial charge in [-0.25, -0.2) is 13.1 Å². The molecule has 3 rings (SSSR count). The summed E-state index contributed by atoms with van der Waals surface area (Å²) in [6.45, 7) is 2.65. The molecule has 0 bridgehead atoms. The van der Waals surface area contributed by atoms with Crippen LogP contribution in [-0.2, 0) is 16.6 Å². The summed E-state index contributed by atoms with van der Waals surface area (Å²) in [5, 5.41) is 0.674. The van der Waals surface area contributed by atoms with Crippen LogP contribution in [0, 0.1) is 0 Å². The number of hydrogen-bond acceptors (Lipinski definition) is 3. The number of benzene rings is 1. The van der Waals surface area contributed by atoms with E-state index in [4.69, 9.17) is 11.6 Å². The lowest BCUT2D eigenvalue weighted by molar-refractivity contribution is 0.200. The van der Waals surface area contributed by atoms with E-state index >= 15 is 0 Å². The van der Waals surface area contributed by atoms with Crippen molar-refractivity contribution in [2.45, 2.75) is 43.5 Å². The topological polar surface area (TPSA) is 49.4 Å². The van der Waals surface area contributed by atoms with Gasteiger partial charge in [0.1, 0.15) is 0 Å². The van der Waals surface area contributed by atoms with Crippen LogP contribution in [-0.4, -0.2) is 37.7 Å². The summed E-state index contributed by atoms with van der Waals surface area (Å²) < 4.78 is 26.7. The van der Waals surface area contributed by atoms with Crippen LogP contribution < -0.4 is 4.72 Å². The quantitative estimate of drug-likeness (QED) is 0.903. The largest absolute Gasteiger partial charge is 0.299 e. The molecule has 1 aromatic rings. The van der Waals surface area contributed by atoms with Crippen molar-refractivity contribution in [1.29, 1.82) is 0 Å². The Balaban J connectivity index is 1.50. The molecule has 2 fully saturated rings. The fourth-order valence-corrected chi connectivity index (χ4v) is 4.63. The second kappa shape index (κ2) is 6.24. The molecule has 0 radical (unpaired) electrons. The molecule has 0 amide bonds. The molecule has 1 heterocycles. The lowest BCUT2D eigenvalue weighted by Crippen LogP contribution is -2.45. The summed E-state index contributed by atoms with van der Waals surface area (Å²) >= 11 is 6.18. The van der Waals surface area contributed by atoms with Crippen molar-refractivity contribution in [1.82, 2.24) is 9.62 Å². The van der Waals surface area contributed by atoms with Gasteiger partial charge >= 0.3 is 0 Å². The summed E-state index contributed by atoms with van der Waals surface area (Å²) in [5.74, 6) is 0. The molecular weight excluding hydrogens is 308 g/mol. The van der Waals surface area contributed by atoms with Crippen molar-refractivity contribution in [3.05, 3.63) is 34.9 Å². The first-order valence-corrected chi connectivity index (χ1v) is 9.44. The Labute approximate surface area is 131 Å². The van der Waals surface area contributed by atoms with E-state index in [9.17, 15) is 8.42 Å². The van der Waals surface area contributed by atoms with Gasteiger partial charge in [0.15, 0.2) is 0 Å². The van der Waals surface area contributed by atoms with E-state index in [0.717, 1.165) is 55.9 Å². The molecular formula is C15H21ClN2O2S. The number of piperidine rings is 1. The molecule has 21 heavy (non-hydrogen) atoms. The molecule has 0 atom stereocenters. The zero-order chi connectivity index (χ0) is 14.9. The van der Waals surface area contributed by atoms with Crippen molar-refractivity contribution in [2.75, 3.05) is 13.1 Å². The maximum atomic E-state index is 11.9. The van der Waals surface area contributed by atoms with Crippen LogP contribution in [0.25, 0.3) is 0 Å².